The van der Waals surface area contributed by atoms with Gasteiger partial charge in [-0.3, -0.25) is 0 Å². The molecule has 1 aliphatic carbocycles. The van der Waals surface area contributed by atoms with E-state index < -0.39 is 5.41 Å². The standard InChI is InChI=1S/C63H41NS/c1-3-19-46(20-4-1)63(47-21-5-2-6-22-47)59-28-13-11-25-54(59)55-36-34-50(41-60(55)63)64(49-35-37-62-58(40-49)56-26-12-14-29-61(56)65-62)48-32-30-42(31-33-48)45-38-44-17-8-10-24-52(44)57(39-45)53-27-15-18-43-16-7-9-23-51(43)53/h1-41H. The molecular weight excluding hydrogens is 803 g/mol. The molecule has 1 aliphatic rings. The summed E-state index contributed by atoms with van der Waals surface area (Å²) in [5.74, 6) is 0. The van der Waals surface area contributed by atoms with Crippen molar-refractivity contribution in [3.05, 3.63) is 271 Å². The smallest absolute Gasteiger partial charge is 0.0714 e. The Morgan fingerprint density at radius 1 is 0.292 bits per heavy atom. The summed E-state index contributed by atoms with van der Waals surface area (Å²) in [5.41, 5.74) is 15.4. The second-order valence-electron chi connectivity index (χ2n) is 17.2. The minimum Gasteiger partial charge on any atom is -0.310 e. The van der Waals surface area contributed by atoms with Gasteiger partial charge in [0.25, 0.3) is 0 Å². The van der Waals surface area contributed by atoms with Gasteiger partial charge in [-0.2, -0.15) is 0 Å². The van der Waals surface area contributed by atoms with E-state index in [-0.39, 0.29) is 0 Å². The van der Waals surface area contributed by atoms with Crippen LogP contribution in [0.4, 0.5) is 17.1 Å². The van der Waals surface area contributed by atoms with Gasteiger partial charge >= 0.3 is 0 Å². The molecule has 65 heavy (non-hydrogen) atoms. The first-order chi connectivity index (χ1) is 32.2. The SMILES string of the molecule is c1ccc(C2(c3ccccc3)c3ccccc3-c3ccc(N(c4ccc(-c5cc(-c6cccc7ccccc67)c6ccccc6c5)cc4)c4ccc5sc6ccccc6c5c4)cc32)cc1. The number of hydrogen-bond acceptors (Lipinski definition) is 2. The topological polar surface area (TPSA) is 3.24 Å². The Bertz CT molecular complexity index is 3730. The van der Waals surface area contributed by atoms with Crippen LogP contribution >= 0.6 is 11.3 Å². The first kappa shape index (κ1) is 37.5. The van der Waals surface area contributed by atoms with Crippen LogP contribution in [-0.4, -0.2) is 0 Å². The second-order valence-corrected chi connectivity index (χ2v) is 18.3. The molecule has 0 bridgehead atoms. The fourth-order valence-electron chi connectivity index (χ4n) is 10.8. The molecule has 2 heteroatoms. The second kappa shape index (κ2) is 15.1. The van der Waals surface area contributed by atoms with E-state index in [4.69, 9.17) is 0 Å². The quantitative estimate of drug-likeness (QED) is 0.154. The summed E-state index contributed by atoms with van der Waals surface area (Å²) in [6.07, 6.45) is 0. The van der Waals surface area contributed by atoms with Gasteiger partial charge in [-0.15, -0.1) is 11.3 Å². The minimum absolute atomic E-state index is 0.509. The van der Waals surface area contributed by atoms with E-state index in [0.717, 1.165) is 17.1 Å². The van der Waals surface area contributed by atoms with E-state index in [2.05, 4.69) is 254 Å². The molecule has 11 aromatic carbocycles. The fraction of sp³-hybridized carbons (Fsp3) is 0.0159. The van der Waals surface area contributed by atoms with Crippen molar-refractivity contribution >= 4 is 70.1 Å². The summed E-state index contributed by atoms with van der Waals surface area (Å²) >= 11 is 1.86. The van der Waals surface area contributed by atoms with Crippen molar-refractivity contribution in [2.24, 2.45) is 0 Å². The first-order valence-electron chi connectivity index (χ1n) is 22.4. The third-order valence-electron chi connectivity index (χ3n) is 13.7. The van der Waals surface area contributed by atoms with E-state index in [0.29, 0.717) is 0 Å². The Balaban J connectivity index is 1.01. The molecule has 0 N–H and O–H groups in total. The lowest BCUT2D eigenvalue weighted by Gasteiger charge is -2.35. The minimum atomic E-state index is -0.509. The molecule has 0 aliphatic heterocycles. The lowest BCUT2D eigenvalue weighted by molar-refractivity contribution is 0.768. The average molecular weight is 844 g/mol. The van der Waals surface area contributed by atoms with Crippen molar-refractivity contribution in [3.8, 4) is 33.4 Å². The van der Waals surface area contributed by atoms with Gasteiger partial charge in [-0.25, -0.2) is 0 Å². The van der Waals surface area contributed by atoms with E-state index >= 15 is 0 Å². The summed E-state index contributed by atoms with van der Waals surface area (Å²) in [4.78, 5) is 2.46. The van der Waals surface area contributed by atoms with E-state index in [1.807, 2.05) is 11.3 Å². The zero-order valence-electron chi connectivity index (χ0n) is 35.5. The highest BCUT2D eigenvalue weighted by Gasteiger charge is 2.46. The van der Waals surface area contributed by atoms with Gasteiger partial charge in [-0.05, 0) is 138 Å². The Hall–Kier alpha value is -8.04. The van der Waals surface area contributed by atoms with E-state index in [1.54, 1.807) is 0 Å². The van der Waals surface area contributed by atoms with E-state index in [9.17, 15) is 0 Å². The molecule has 0 unspecified atom stereocenters. The number of fused-ring (bicyclic) bond motifs is 8. The van der Waals surface area contributed by atoms with Gasteiger partial charge in [0.15, 0.2) is 0 Å². The zero-order valence-corrected chi connectivity index (χ0v) is 36.3. The summed E-state index contributed by atoms with van der Waals surface area (Å²) in [7, 11) is 0. The van der Waals surface area contributed by atoms with Crippen molar-refractivity contribution < 1.29 is 0 Å². The van der Waals surface area contributed by atoms with Gasteiger partial charge in [0.1, 0.15) is 0 Å². The maximum atomic E-state index is 2.47. The summed E-state index contributed by atoms with van der Waals surface area (Å²) in [6.45, 7) is 0. The highest BCUT2D eigenvalue weighted by atomic mass is 32.1. The normalized spacial score (nSPS) is 12.7. The third kappa shape index (κ3) is 5.92. The maximum Gasteiger partial charge on any atom is 0.0714 e. The van der Waals surface area contributed by atoms with Crippen molar-refractivity contribution in [2.45, 2.75) is 5.41 Å². The van der Waals surface area contributed by atoms with Crippen molar-refractivity contribution in [2.75, 3.05) is 4.90 Å². The highest BCUT2D eigenvalue weighted by Crippen LogP contribution is 2.57. The first-order valence-corrected chi connectivity index (χ1v) is 23.2. The van der Waals surface area contributed by atoms with Crippen LogP contribution < -0.4 is 4.90 Å². The molecular formula is C63H41NS. The lowest BCUT2D eigenvalue weighted by atomic mass is 9.67. The molecule has 13 rings (SSSR count). The number of hydrogen-bond donors (Lipinski definition) is 0. The van der Waals surface area contributed by atoms with Crippen LogP contribution in [0.5, 0.6) is 0 Å². The fourth-order valence-corrected chi connectivity index (χ4v) is 11.9. The largest absolute Gasteiger partial charge is 0.310 e. The molecule has 1 heterocycles. The van der Waals surface area contributed by atoms with Gasteiger partial charge in [-0.1, -0.05) is 188 Å². The van der Waals surface area contributed by atoms with Gasteiger partial charge in [0.05, 0.1) is 5.41 Å². The van der Waals surface area contributed by atoms with Crippen molar-refractivity contribution in [1.29, 1.82) is 0 Å². The number of anilines is 3. The molecule has 0 fully saturated rings. The van der Waals surface area contributed by atoms with Crippen LogP contribution in [0, 0.1) is 0 Å². The molecule has 1 nitrogen and oxygen atoms in total. The van der Waals surface area contributed by atoms with E-state index in [1.165, 1.54) is 97.4 Å². The van der Waals surface area contributed by atoms with Crippen molar-refractivity contribution in [3.63, 3.8) is 0 Å². The Kier molecular flexibility index (Phi) is 8.69. The van der Waals surface area contributed by atoms with Crippen LogP contribution in [0.2, 0.25) is 0 Å². The molecule has 12 aromatic rings. The Morgan fingerprint density at radius 2 is 0.846 bits per heavy atom. The van der Waals surface area contributed by atoms with Crippen LogP contribution in [-0.2, 0) is 5.41 Å². The Labute approximate surface area is 382 Å². The third-order valence-corrected chi connectivity index (χ3v) is 14.9. The van der Waals surface area contributed by atoms with Crippen molar-refractivity contribution in [1.82, 2.24) is 0 Å². The summed E-state index contributed by atoms with van der Waals surface area (Å²) in [6, 6.07) is 92.2. The lowest BCUT2D eigenvalue weighted by Crippen LogP contribution is -2.28. The number of nitrogens with zero attached hydrogens (tertiary/aromatic N) is 1. The number of benzene rings is 11. The van der Waals surface area contributed by atoms with Crippen LogP contribution in [0.25, 0.3) is 75.1 Å². The molecule has 0 saturated carbocycles. The summed E-state index contributed by atoms with van der Waals surface area (Å²) < 4.78 is 2.60. The van der Waals surface area contributed by atoms with Gasteiger partial charge in [0.2, 0.25) is 0 Å². The summed E-state index contributed by atoms with van der Waals surface area (Å²) in [5, 5.41) is 7.57. The average Bonchev–Trinajstić information content (AvgIpc) is 3.90. The molecule has 0 atom stereocenters. The monoisotopic (exact) mass is 843 g/mol. The van der Waals surface area contributed by atoms with Crippen LogP contribution in [0.1, 0.15) is 22.3 Å². The molecule has 1 aromatic heterocycles. The van der Waals surface area contributed by atoms with Gasteiger partial charge in [0, 0.05) is 37.2 Å². The maximum absolute atomic E-state index is 2.47. The molecule has 304 valence electrons. The molecule has 0 saturated heterocycles. The highest BCUT2D eigenvalue weighted by molar-refractivity contribution is 7.25. The van der Waals surface area contributed by atoms with Gasteiger partial charge < -0.3 is 4.90 Å². The zero-order chi connectivity index (χ0) is 42.9. The Morgan fingerprint density at radius 3 is 1.63 bits per heavy atom. The molecule has 0 radical (unpaired) electrons. The number of rotatable bonds is 7. The van der Waals surface area contributed by atoms with Crippen LogP contribution in [0.3, 0.4) is 0 Å². The molecule has 0 amide bonds. The predicted molar refractivity (Wildman–Crippen MR) is 277 cm³/mol. The predicted octanol–water partition coefficient (Wildman–Crippen LogP) is 17.5. The number of thiophene rings is 1. The van der Waals surface area contributed by atoms with Crippen LogP contribution in [0.15, 0.2) is 249 Å². The molecule has 0 spiro atoms.